The van der Waals surface area contributed by atoms with Crippen LogP contribution in [0.15, 0.2) is 96.6 Å². The summed E-state index contributed by atoms with van der Waals surface area (Å²) >= 11 is 0. The van der Waals surface area contributed by atoms with Gasteiger partial charge in [0.15, 0.2) is 0 Å². The molecule has 54 heavy (non-hydrogen) atoms. The third-order valence-corrected chi connectivity index (χ3v) is 18.4. The van der Waals surface area contributed by atoms with Gasteiger partial charge >= 0.3 is 5.97 Å². The van der Waals surface area contributed by atoms with Gasteiger partial charge in [0.1, 0.15) is 0 Å². The van der Waals surface area contributed by atoms with Gasteiger partial charge in [-0.05, 0) is 150 Å². The maximum atomic E-state index is 13.0. The second kappa shape index (κ2) is 6.97. The third kappa shape index (κ3) is 1.80. The highest BCUT2D eigenvalue weighted by molar-refractivity contribution is 6.18. The highest BCUT2D eigenvalue weighted by Gasteiger charge is 2.97. The van der Waals surface area contributed by atoms with Crippen molar-refractivity contribution in [2.75, 3.05) is 7.11 Å². The molecule has 18 rings (SSSR count). The number of allylic oxidation sites excluding steroid dienone is 8. The molecule has 1 saturated carbocycles. The zero-order chi connectivity index (χ0) is 34.3. The monoisotopic (exact) mass is 686 g/mol. The lowest BCUT2D eigenvalue weighted by atomic mass is 9.58. The number of esters is 1. The molecular weight excluding hydrogens is 657 g/mol. The Kier molecular flexibility index (Phi) is 3.29. The van der Waals surface area contributed by atoms with Crippen molar-refractivity contribution in [3.8, 4) is 11.1 Å². The smallest absolute Gasteiger partial charge is 0.305 e. The number of carbonyl (C=O) groups is 1. The first-order valence-electron chi connectivity index (χ1n) is 20.5. The molecule has 2 nitrogen and oxygen atoms in total. The lowest BCUT2D eigenvalue weighted by Gasteiger charge is -2.44. The van der Waals surface area contributed by atoms with Crippen molar-refractivity contribution in [3.05, 3.63) is 178 Å². The minimum Gasteiger partial charge on any atom is -0.469 e. The van der Waals surface area contributed by atoms with Gasteiger partial charge in [-0.25, -0.2) is 0 Å². The molecule has 5 aromatic rings. The molecule has 0 saturated heterocycles. The van der Waals surface area contributed by atoms with Crippen molar-refractivity contribution in [1.29, 1.82) is 0 Å². The molecule has 0 aliphatic heterocycles. The maximum Gasteiger partial charge on any atom is 0.305 e. The fraction of sp³-hybridized carbons (Fsp3) is 0.250. The Bertz CT molecular complexity index is 3580. The Labute approximate surface area is 309 Å². The van der Waals surface area contributed by atoms with E-state index < -0.39 is 0 Å². The standard InChI is InChI=1S/C52H30O2/c1-54-31(53)8-5-19-50(20-6-3-2-4-7-20)51-46-29-17-15-27-25-13-11-23-21-9-10-22-24-12-14-26-28-16-18-30(29)47(51)39(28)43-37(26)35(24)41-33(22)32(21)40-34(23)36(25)42(38(27)46)48-44(40)45(41)49(43)52(48,50)51/h2-4,6-7,9-18,21,23,29,32,38,46H,5,8,19H2,1H3. The van der Waals surface area contributed by atoms with Crippen LogP contribution in [-0.2, 0) is 25.8 Å². The van der Waals surface area contributed by atoms with Gasteiger partial charge in [-0.1, -0.05) is 91.1 Å². The number of rotatable bonds is 5. The van der Waals surface area contributed by atoms with Crippen LogP contribution in [0.5, 0.6) is 0 Å². The van der Waals surface area contributed by atoms with E-state index in [1.54, 1.807) is 106 Å². The SMILES string of the molecule is COC(=O)CCCC1(c2ccccc2)C23c4c5c6c7c8c4C4C9=C8C=CC7C7C=CC8=c%10ccc%11c%12c(c2c-5c(c%10%12)=C8C67)=c2c5c(ccc2=%11)C(C=C9)C4C513. The van der Waals surface area contributed by atoms with Gasteiger partial charge in [0, 0.05) is 46.3 Å². The summed E-state index contributed by atoms with van der Waals surface area (Å²) in [6.45, 7) is 0. The average molecular weight is 687 g/mol. The zero-order valence-electron chi connectivity index (χ0n) is 29.6. The molecule has 250 valence electrons. The maximum absolute atomic E-state index is 13.0. The molecule has 0 amide bonds. The summed E-state index contributed by atoms with van der Waals surface area (Å²) in [6.07, 6.45) is 17.9. The normalized spacial score (nSPS) is 36.0. The highest BCUT2D eigenvalue weighted by Crippen LogP contribution is 2.97. The molecule has 0 aromatic heterocycles. The zero-order valence-corrected chi connectivity index (χ0v) is 29.6. The molecule has 0 bridgehead atoms. The van der Waals surface area contributed by atoms with E-state index >= 15 is 0 Å². The first-order chi connectivity index (χ1) is 26.7. The summed E-state index contributed by atoms with van der Waals surface area (Å²) in [7, 11) is 1.56. The molecular formula is C52H30O2. The van der Waals surface area contributed by atoms with Crippen molar-refractivity contribution in [3.63, 3.8) is 0 Å². The van der Waals surface area contributed by atoms with Gasteiger partial charge in [-0.2, -0.15) is 0 Å². The van der Waals surface area contributed by atoms with E-state index in [9.17, 15) is 4.79 Å². The van der Waals surface area contributed by atoms with Crippen LogP contribution in [0.3, 0.4) is 0 Å². The minimum absolute atomic E-state index is 0.0834. The molecule has 13 aliphatic rings. The second-order valence-corrected chi connectivity index (χ2v) is 18.9. The summed E-state index contributed by atoms with van der Waals surface area (Å²) in [6, 6.07) is 22.0. The fourth-order valence-electron chi connectivity index (χ4n) is 17.9. The van der Waals surface area contributed by atoms with Crippen LogP contribution in [-0.4, -0.2) is 13.1 Å². The predicted octanol–water partition coefficient (Wildman–Crippen LogP) is 7.95. The molecule has 0 N–H and O–H groups in total. The van der Waals surface area contributed by atoms with Gasteiger partial charge < -0.3 is 4.74 Å². The van der Waals surface area contributed by atoms with Crippen molar-refractivity contribution in [1.82, 2.24) is 0 Å². The van der Waals surface area contributed by atoms with E-state index in [0.717, 1.165) is 12.8 Å². The van der Waals surface area contributed by atoms with E-state index in [0.29, 0.717) is 41.9 Å². The van der Waals surface area contributed by atoms with Crippen LogP contribution in [0.2, 0.25) is 0 Å². The molecule has 1 fully saturated rings. The van der Waals surface area contributed by atoms with Crippen molar-refractivity contribution in [2.45, 2.75) is 59.2 Å². The average Bonchev–Trinajstić information content (AvgIpc) is 3.86. The minimum atomic E-state index is -0.179. The fourth-order valence-corrected chi connectivity index (χ4v) is 17.9. The number of ether oxygens (including phenoxy) is 1. The van der Waals surface area contributed by atoms with E-state index in [1.807, 2.05) is 0 Å². The summed E-state index contributed by atoms with van der Waals surface area (Å²) < 4.78 is 5.34. The largest absolute Gasteiger partial charge is 0.469 e. The molecule has 2 heteroatoms. The lowest BCUT2D eigenvalue weighted by Crippen LogP contribution is -2.40. The lowest BCUT2D eigenvalue weighted by molar-refractivity contribution is -0.140. The third-order valence-electron chi connectivity index (χ3n) is 18.4. The Morgan fingerprint density at radius 3 is 2.44 bits per heavy atom. The summed E-state index contributed by atoms with van der Waals surface area (Å²) in [4.78, 5) is 13.0. The Morgan fingerprint density at radius 2 is 1.54 bits per heavy atom. The Morgan fingerprint density at radius 1 is 0.704 bits per heavy atom. The molecule has 0 radical (unpaired) electrons. The van der Waals surface area contributed by atoms with Crippen LogP contribution in [0.1, 0.15) is 93.0 Å². The number of carbonyl (C=O) groups excluding carboxylic acids is 1. The summed E-state index contributed by atoms with van der Waals surface area (Å²) in [5, 5.41) is 12.3. The molecule has 9 unspecified atom stereocenters. The Hall–Kier alpha value is -5.47. The Balaban J connectivity index is 1.19. The van der Waals surface area contributed by atoms with Gasteiger partial charge in [-0.15, -0.1) is 0 Å². The number of methoxy groups -OCH3 is 1. The topological polar surface area (TPSA) is 26.3 Å². The van der Waals surface area contributed by atoms with Crippen LogP contribution >= 0.6 is 0 Å². The number of hydrogen-bond acceptors (Lipinski definition) is 2. The van der Waals surface area contributed by atoms with Crippen LogP contribution in [0.4, 0.5) is 0 Å². The first kappa shape index (κ1) is 25.5. The summed E-state index contributed by atoms with van der Waals surface area (Å²) in [5.41, 5.74) is 24.2. The van der Waals surface area contributed by atoms with Gasteiger partial charge in [0.25, 0.3) is 0 Å². The van der Waals surface area contributed by atoms with E-state index in [1.165, 1.54) is 26.8 Å². The first-order valence-corrected chi connectivity index (χ1v) is 20.5. The van der Waals surface area contributed by atoms with Crippen LogP contribution in [0.25, 0.3) is 38.6 Å². The predicted molar refractivity (Wildman–Crippen MR) is 206 cm³/mol. The number of hydrogen-bond donors (Lipinski definition) is 0. The highest BCUT2D eigenvalue weighted by atomic mass is 16.5. The molecule has 0 heterocycles. The molecule has 9 atom stereocenters. The van der Waals surface area contributed by atoms with Crippen molar-refractivity contribution in [2.24, 2.45) is 11.8 Å². The van der Waals surface area contributed by atoms with Gasteiger partial charge in [0.2, 0.25) is 0 Å². The van der Waals surface area contributed by atoms with Crippen LogP contribution in [0, 0.1) is 32.7 Å². The molecule has 13 aliphatic carbocycles. The van der Waals surface area contributed by atoms with Gasteiger partial charge in [-0.3, -0.25) is 4.79 Å². The second-order valence-electron chi connectivity index (χ2n) is 18.9. The molecule has 2 spiro atoms. The summed E-state index contributed by atoms with van der Waals surface area (Å²) in [5.74, 6) is 2.42. The van der Waals surface area contributed by atoms with E-state index in [2.05, 4.69) is 91.1 Å². The van der Waals surface area contributed by atoms with E-state index in [4.69, 9.17) is 4.74 Å². The van der Waals surface area contributed by atoms with Crippen molar-refractivity contribution >= 4 is 33.5 Å². The molecule has 5 aromatic carbocycles. The number of fused-ring (bicyclic) bond motifs is 2. The van der Waals surface area contributed by atoms with Crippen LogP contribution < -0.4 is 10.4 Å². The number of benzene rings is 5. The van der Waals surface area contributed by atoms with E-state index in [-0.39, 0.29) is 22.2 Å². The van der Waals surface area contributed by atoms with Crippen molar-refractivity contribution < 1.29 is 9.53 Å². The quantitative estimate of drug-likeness (QED) is 0.172. The van der Waals surface area contributed by atoms with Gasteiger partial charge in [0.05, 0.1) is 7.11 Å².